The van der Waals surface area contributed by atoms with Gasteiger partial charge in [-0.1, -0.05) is 91.0 Å². The van der Waals surface area contributed by atoms with E-state index in [2.05, 4.69) is 71.5 Å². The summed E-state index contributed by atoms with van der Waals surface area (Å²) in [6, 6.07) is 35.1. The molecule has 7 heteroatoms. The van der Waals surface area contributed by atoms with Crippen molar-refractivity contribution in [3.05, 3.63) is 125 Å². The van der Waals surface area contributed by atoms with E-state index in [0.29, 0.717) is 25.3 Å². The molecule has 0 radical (unpaired) electrons. The number of aldehydes is 1. The average molecular weight is 533 g/mol. The minimum atomic E-state index is -0.498. The molecule has 3 aromatic carbocycles. The van der Waals surface area contributed by atoms with Crippen molar-refractivity contribution >= 4 is 35.5 Å². The molecule has 0 aliphatic rings. The van der Waals surface area contributed by atoms with Crippen LogP contribution in [0, 0.1) is 0 Å². The molecule has 2 N–H and O–H groups in total. The summed E-state index contributed by atoms with van der Waals surface area (Å²) in [4.78, 5) is 26.0. The van der Waals surface area contributed by atoms with E-state index in [1.165, 1.54) is 11.1 Å². The predicted molar refractivity (Wildman–Crippen MR) is 152 cm³/mol. The Morgan fingerprint density at radius 3 is 2.00 bits per heavy atom. The largest absolute Gasteiger partial charge is 0.400 e. The highest BCUT2D eigenvalue weighted by Gasteiger charge is 2.16. The molecule has 0 saturated carbocycles. The van der Waals surface area contributed by atoms with Gasteiger partial charge >= 0.3 is 0 Å². The number of carbonyl (C=O) groups is 2. The summed E-state index contributed by atoms with van der Waals surface area (Å²) in [5.74, 6) is -0.159. The van der Waals surface area contributed by atoms with E-state index in [0.717, 1.165) is 34.7 Å². The minimum absolute atomic E-state index is 0.338. The summed E-state index contributed by atoms with van der Waals surface area (Å²) < 4.78 is 4.64. The van der Waals surface area contributed by atoms with Gasteiger partial charge in [-0.05, 0) is 47.2 Å². The zero-order chi connectivity index (χ0) is 26.3. The third-order valence-electron chi connectivity index (χ3n) is 5.72. The van der Waals surface area contributed by atoms with E-state index < -0.39 is 5.91 Å². The van der Waals surface area contributed by atoms with Crippen molar-refractivity contribution in [2.45, 2.75) is 29.6 Å². The van der Waals surface area contributed by atoms with Gasteiger partial charge in [-0.15, -0.1) is 11.3 Å². The number of amides is 1. The number of nitrogens with one attached hydrogen (secondary N) is 1. The molecule has 4 rings (SSSR count). The number of carbonyl (C=O) groups excluding carboxylic acids is 2. The molecule has 5 nitrogen and oxygen atoms in total. The molecule has 0 aliphatic heterocycles. The quantitative estimate of drug-likeness (QED) is 0.103. The topological polar surface area (TPSA) is 69.6 Å². The summed E-state index contributed by atoms with van der Waals surface area (Å²) in [5.41, 5.74) is 3.64. The molecule has 0 atom stereocenters. The number of aliphatic hydroxyl groups excluding tert-OH is 1. The van der Waals surface area contributed by atoms with Crippen molar-refractivity contribution in [3.8, 4) is 0 Å². The highest BCUT2D eigenvalue weighted by atomic mass is 32.2. The Labute approximate surface area is 227 Å². The third-order valence-corrected chi connectivity index (χ3v) is 7.77. The SMILES string of the molecule is CO.O=CC(=O)N(Cc1ccccc1)Cc1ccc(SNCCC(c2ccccc2)c2ccccc2)s1. The lowest BCUT2D eigenvalue weighted by molar-refractivity contribution is -0.139. The number of hydrogen-bond acceptors (Lipinski definition) is 6. The third kappa shape index (κ3) is 8.98. The predicted octanol–water partition coefficient (Wildman–Crippen LogP) is 5.90. The van der Waals surface area contributed by atoms with E-state index in [1.54, 1.807) is 28.2 Å². The monoisotopic (exact) mass is 532 g/mol. The van der Waals surface area contributed by atoms with Crippen LogP contribution in [-0.4, -0.2) is 35.9 Å². The smallest absolute Gasteiger partial charge is 0.287 e. The number of hydrogen-bond donors (Lipinski definition) is 2. The molecule has 0 fully saturated rings. The zero-order valence-electron chi connectivity index (χ0n) is 20.8. The maximum absolute atomic E-state index is 12.2. The fourth-order valence-corrected chi connectivity index (χ4v) is 5.91. The summed E-state index contributed by atoms with van der Waals surface area (Å²) >= 11 is 3.26. The van der Waals surface area contributed by atoms with Crippen LogP contribution < -0.4 is 4.72 Å². The van der Waals surface area contributed by atoms with Crippen molar-refractivity contribution in [3.63, 3.8) is 0 Å². The van der Waals surface area contributed by atoms with Gasteiger partial charge in [0.15, 0.2) is 0 Å². The first-order valence-corrected chi connectivity index (χ1v) is 13.7. The van der Waals surface area contributed by atoms with Gasteiger partial charge in [0.2, 0.25) is 6.29 Å². The van der Waals surface area contributed by atoms with Crippen LogP contribution in [0.1, 0.15) is 33.9 Å². The lowest BCUT2D eigenvalue weighted by atomic mass is 9.89. The van der Waals surface area contributed by atoms with Gasteiger partial charge in [0.25, 0.3) is 5.91 Å². The van der Waals surface area contributed by atoms with Gasteiger partial charge in [-0.2, -0.15) is 0 Å². The molecule has 0 unspecified atom stereocenters. The van der Waals surface area contributed by atoms with Crippen molar-refractivity contribution in [1.82, 2.24) is 9.62 Å². The van der Waals surface area contributed by atoms with Crippen LogP contribution in [0.2, 0.25) is 0 Å². The lowest BCUT2D eigenvalue weighted by Crippen LogP contribution is -2.30. The first kappa shape index (κ1) is 28.3. The summed E-state index contributed by atoms with van der Waals surface area (Å²) in [7, 11) is 1.00. The molecule has 0 bridgehead atoms. The van der Waals surface area contributed by atoms with Gasteiger partial charge in [-0.3, -0.25) is 14.3 Å². The highest BCUT2D eigenvalue weighted by Crippen LogP contribution is 2.29. The molecular formula is C30H32N2O3S2. The molecule has 0 saturated heterocycles. The van der Waals surface area contributed by atoms with Gasteiger partial charge in [0, 0.05) is 31.0 Å². The Morgan fingerprint density at radius 1 is 0.865 bits per heavy atom. The van der Waals surface area contributed by atoms with Crippen LogP contribution in [0.4, 0.5) is 0 Å². The Bertz CT molecular complexity index is 1160. The van der Waals surface area contributed by atoms with Gasteiger partial charge < -0.3 is 10.0 Å². The Balaban J connectivity index is 0.00000186. The van der Waals surface area contributed by atoms with E-state index in [9.17, 15) is 9.59 Å². The number of aliphatic hydroxyl groups is 1. The van der Waals surface area contributed by atoms with Crippen LogP contribution in [-0.2, 0) is 22.7 Å². The van der Waals surface area contributed by atoms with E-state index in [1.807, 2.05) is 36.4 Å². The van der Waals surface area contributed by atoms with Crippen LogP contribution in [0.5, 0.6) is 0 Å². The average Bonchev–Trinajstić information content (AvgIpc) is 3.42. The highest BCUT2D eigenvalue weighted by molar-refractivity contribution is 7.99. The molecule has 4 aromatic rings. The van der Waals surface area contributed by atoms with Crippen molar-refractivity contribution in [1.29, 1.82) is 0 Å². The second-order valence-corrected chi connectivity index (χ2v) is 10.5. The molecule has 1 heterocycles. The lowest BCUT2D eigenvalue weighted by Gasteiger charge is -2.19. The summed E-state index contributed by atoms with van der Waals surface area (Å²) in [6.45, 7) is 1.69. The van der Waals surface area contributed by atoms with Gasteiger partial charge in [0.05, 0.1) is 10.8 Å². The fourth-order valence-electron chi connectivity index (χ4n) is 4.00. The van der Waals surface area contributed by atoms with Crippen molar-refractivity contribution in [2.75, 3.05) is 13.7 Å². The van der Waals surface area contributed by atoms with E-state index in [4.69, 9.17) is 5.11 Å². The zero-order valence-corrected chi connectivity index (χ0v) is 22.5. The van der Waals surface area contributed by atoms with Crippen LogP contribution in [0.15, 0.2) is 107 Å². The normalized spacial score (nSPS) is 10.5. The summed E-state index contributed by atoms with van der Waals surface area (Å²) in [5, 5.41) is 7.00. The number of rotatable bonds is 12. The van der Waals surface area contributed by atoms with E-state index >= 15 is 0 Å². The Morgan fingerprint density at radius 2 is 1.43 bits per heavy atom. The molecular weight excluding hydrogens is 500 g/mol. The van der Waals surface area contributed by atoms with Crippen LogP contribution in [0.25, 0.3) is 0 Å². The first-order valence-electron chi connectivity index (χ1n) is 12.0. The standard InChI is InChI=1S/C29H28N2O2S2.CH4O/c32-22-28(33)31(20-23-10-4-1-5-11-23)21-26-16-17-29(34-26)35-30-19-18-27(24-12-6-2-7-13-24)25-14-8-3-9-15-25;1-2/h1-17,22,27,30H,18-21H2;2H,1H3. The molecule has 1 aromatic heterocycles. The molecule has 37 heavy (non-hydrogen) atoms. The van der Waals surface area contributed by atoms with Crippen LogP contribution in [0.3, 0.4) is 0 Å². The maximum atomic E-state index is 12.2. The van der Waals surface area contributed by atoms with Crippen molar-refractivity contribution in [2.24, 2.45) is 0 Å². The Kier molecular flexibility index (Phi) is 12.1. The molecule has 1 amide bonds. The Hall–Kier alpha value is -3.23. The molecule has 0 aliphatic carbocycles. The second-order valence-electron chi connectivity index (χ2n) is 8.18. The number of benzene rings is 3. The minimum Gasteiger partial charge on any atom is -0.400 e. The number of nitrogens with zero attached hydrogens (tertiary/aromatic N) is 1. The number of thiophene rings is 1. The first-order chi connectivity index (χ1) is 18.2. The van der Waals surface area contributed by atoms with Gasteiger partial charge in [0.1, 0.15) is 0 Å². The van der Waals surface area contributed by atoms with Crippen molar-refractivity contribution < 1.29 is 14.7 Å². The second kappa shape index (κ2) is 15.8. The summed E-state index contributed by atoms with van der Waals surface area (Å²) in [6.07, 6.45) is 1.38. The van der Waals surface area contributed by atoms with E-state index in [-0.39, 0.29) is 0 Å². The molecule has 192 valence electrons. The van der Waals surface area contributed by atoms with Gasteiger partial charge in [-0.25, -0.2) is 0 Å². The van der Waals surface area contributed by atoms with Crippen LogP contribution >= 0.6 is 23.3 Å². The molecule has 0 spiro atoms. The fraction of sp³-hybridized carbons (Fsp3) is 0.200. The maximum Gasteiger partial charge on any atom is 0.287 e.